The first kappa shape index (κ1) is 11.9. The predicted molar refractivity (Wildman–Crippen MR) is 69.2 cm³/mol. The topological polar surface area (TPSA) is 68.0 Å². The van der Waals surface area contributed by atoms with Gasteiger partial charge in [0.2, 0.25) is 0 Å². The highest BCUT2D eigenvalue weighted by Crippen LogP contribution is 2.25. The highest BCUT2D eigenvalue weighted by molar-refractivity contribution is 5.70. The molecule has 5 heteroatoms. The third kappa shape index (κ3) is 2.23. The lowest BCUT2D eigenvalue weighted by Gasteiger charge is -2.16. The Bertz CT molecular complexity index is 633. The van der Waals surface area contributed by atoms with E-state index < -0.39 is 5.97 Å². The summed E-state index contributed by atoms with van der Waals surface area (Å²) in [6.07, 6.45) is 3.87. The molecule has 1 aliphatic carbocycles. The van der Waals surface area contributed by atoms with E-state index in [1.54, 1.807) is 4.68 Å². The minimum absolute atomic E-state index is 0.282. The van der Waals surface area contributed by atoms with Crippen molar-refractivity contribution in [2.45, 2.75) is 26.2 Å². The molecule has 1 unspecified atom stereocenters. The van der Waals surface area contributed by atoms with Crippen molar-refractivity contribution >= 4 is 5.97 Å². The molecule has 0 fully saturated rings. The van der Waals surface area contributed by atoms with Crippen molar-refractivity contribution in [1.29, 1.82) is 0 Å². The molecule has 3 rings (SSSR count). The number of carboxylic acid groups (broad SMARTS) is 1. The minimum Gasteiger partial charge on any atom is -0.481 e. The number of pyridine rings is 1. The number of fused-ring (bicyclic) bond motifs is 1. The van der Waals surface area contributed by atoms with E-state index in [1.807, 2.05) is 31.3 Å². The van der Waals surface area contributed by atoms with Crippen LogP contribution in [0.5, 0.6) is 0 Å². The van der Waals surface area contributed by atoms with E-state index in [0.29, 0.717) is 12.8 Å². The summed E-state index contributed by atoms with van der Waals surface area (Å²) >= 11 is 0. The number of aromatic nitrogens is 3. The highest BCUT2D eigenvalue weighted by atomic mass is 16.4. The van der Waals surface area contributed by atoms with Crippen LogP contribution in [0.25, 0.3) is 5.82 Å². The number of hydrogen-bond donors (Lipinski definition) is 1. The van der Waals surface area contributed by atoms with Crippen LogP contribution in [-0.2, 0) is 17.6 Å². The maximum atomic E-state index is 11.0. The molecule has 2 aromatic heterocycles. The molecule has 1 atom stereocenters. The average molecular weight is 257 g/mol. The lowest BCUT2D eigenvalue weighted by molar-refractivity contribution is -0.142. The van der Waals surface area contributed by atoms with Gasteiger partial charge in [0.05, 0.1) is 11.6 Å². The largest absolute Gasteiger partial charge is 0.481 e. The number of aryl methyl sites for hydroxylation is 2. The smallest absolute Gasteiger partial charge is 0.306 e. The number of hydrogen-bond acceptors (Lipinski definition) is 3. The van der Waals surface area contributed by atoms with E-state index in [-0.39, 0.29) is 5.92 Å². The third-order valence-corrected chi connectivity index (χ3v) is 3.53. The molecule has 98 valence electrons. The van der Waals surface area contributed by atoms with Crippen LogP contribution >= 0.6 is 0 Å². The zero-order valence-electron chi connectivity index (χ0n) is 10.7. The van der Waals surface area contributed by atoms with Gasteiger partial charge in [-0.2, -0.15) is 5.10 Å². The van der Waals surface area contributed by atoms with Crippen LogP contribution in [0.1, 0.15) is 23.4 Å². The van der Waals surface area contributed by atoms with Crippen LogP contribution in [0, 0.1) is 12.8 Å². The second kappa shape index (κ2) is 4.50. The molecule has 0 aliphatic heterocycles. The van der Waals surface area contributed by atoms with E-state index in [0.717, 1.165) is 29.2 Å². The van der Waals surface area contributed by atoms with Crippen LogP contribution in [0.3, 0.4) is 0 Å². The van der Waals surface area contributed by atoms with Gasteiger partial charge in [0.1, 0.15) is 0 Å². The molecule has 1 N–H and O–H groups in total. The maximum absolute atomic E-state index is 11.0. The SMILES string of the molecule is Cc1cccc(-n2cc3c(n2)CCC(C(=O)O)C3)n1. The molecule has 0 amide bonds. The van der Waals surface area contributed by atoms with Crippen molar-refractivity contribution < 1.29 is 9.90 Å². The van der Waals surface area contributed by atoms with Crippen LogP contribution in [-0.4, -0.2) is 25.8 Å². The monoisotopic (exact) mass is 257 g/mol. The Hall–Kier alpha value is -2.17. The average Bonchev–Trinajstić information content (AvgIpc) is 2.81. The Morgan fingerprint density at radius 2 is 2.32 bits per heavy atom. The van der Waals surface area contributed by atoms with Crippen molar-refractivity contribution in [2.24, 2.45) is 5.92 Å². The maximum Gasteiger partial charge on any atom is 0.306 e. The lowest BCUT2D eigenvalue weighted by Crippen LogP contribution is -2.21. The summed E-state index contributed by atoms with van der Waals surface area (Å²) in [5.41, 5.74) is 2.97. The first-order valence-electron chi connectivity index (χ1n) is 6.38. The van der Waals surface area contributed by atoms with Gasteiger partial charge in [-0.15, -0.1) is 0 Å². The van der Waals surface area contributed by atoms with Gasteiger partial charge in [-0.05, 0) is 43.9 Å². The first-order chi connectivity index (χ1) is 9.13. The van der Waals surface area contributed by atoms with Crippen LogP contribution in [0.2, 0.25) is 0 Å². The number of carboxylic acids is 1. The fourth-order valence-electron chi connectivity index (χ4n) is 2.49. The van der Waals surface area contributed by atoms with E-state index in [9.17, 15) is 4.79 Å². The van der Waals surface area contributed by atoms with Crippen molar-refractivity contribution in [3.05, 3.63) is 41.3 Å². The molecule has 0 saturated heterocycles. The van der Waals surface area contributed by atoms with E-state index in [1.165, 1.54) is 0 Å². The Labute approximate surface area is 110 Å². The fraction of sp³-hybridized carbons (Fsp3) is 0.357. The zero-order valence-corrected chi connectivity index (χ0v) is 10.7. The van der Waals surface area contributed by atoms with Gasteiger partial charge in [0.25, 0.3) is 0 Å². The van der Waals surface area contributed by atoms with E-state index in [2.05, 4.69) is 10.1 Å². The van der Waals surface area contributed by atoms with E-state index in [4.69, 9.17) is 5.11 Å². The second-order valence-electron chi connectivity index (χ2n) is 4.96. The van der Waals surface area contributed by atoms with Gasteiger partial charge >= 0.3 is 5.97 Å². The van der Waals surface area contributed by atoms with Gasteiger partial charge in [-0.25, -0.2) is 9.67 Å². The molecule has 0 aromatic carbocycles. The number of nitrogens with zero attached hydrogens (tertiary/aromatic N) is 3. The normalized spacial score (nSPS) is 18.1. The fourth-order valence-corrected chi connectivity index (χ4v) is 2.49. The number of aliphatic carboxylic acids is 1. The quantitative estimate of drug-likeness (QED) is 0.890. The zero-order chi connectivity index (χ0) is 13.4. The summed E-state index contributed by atoms with van der Waals surface area (Å²) in [6, 6.07) is 5.78. The molecule has 1 aliphatic rings. The molecule has 0 radical (unpaired) electrons. The molecule has 5 nitrogen and oxygen atoms in total. The first-order valence-corrected chi connectivity index (χ1v) is 6.38. The molecule has 0 saturated carbocycles. The van der Waals surface area contributed by atoms with Gasteiger partial charge < -0.3 is 5.11 Å². The van der Waals surface area contributed by atoms with Crippen molar-refractivity contribution in [3.8, 4) is 5.82 Å². The molecule has 0 bridgehead atoms. The molecule has 0 spiro atoms. The minimum atomic E-state index is -0.716. The summed E-state index contributed by atoms with van der Waals surface area (Å²) in [5.74, 6) is -0.219. The lowest BCUT2D eigenvalue weighted by atomic mass is 9.88. The Morgan fingerprint density at radius 3 is 3.05 bits per heavy atom. The third-order valence-electron chi connectivity index (χ3n) is 3.53. The molecule has 19 heavy (non-hydrogen) atoms. The van der Waals surface area contributed by atoms with Crippen LogP contribution in [0.15, 0.2) is 24.4 Å². The Kier molecular flexibility index (Phi) is 2.81. The molecular weight excluding hydrogens is 242 g/mol. The van der Waals surface area contributed by atoms with Crippen molar-refractivity contribution in [3.63, 3.8) is 0 Å². The van der Waals surface area contributed by atoms with Crippen molar-refractivity contribution in [1.82, 2.24) is 14.8 Å². The molecular formula is C14H15N3O2. The predicted octanol–water partition coefficient (Wildman–Crippen LogP) is 1.77. The molecule has 2 heterocycles. The van der Waals surface area contributed by atoms with Gasteiger partial charge in [0.15, 0.2) is 5.82 Å². The summed E-state index contributed by atoms with van der Waals surface area (Å²) < 4.78 is 1.75. The second-order valence-corrected chi connectivity index (χ2v) is 4.96. The summed E-state index contributed by atoms with van der Waals surface area (Å²) in [5, 5.41) is 13.6. The number of rotatable bonds is 2. The summed E-state index contributed by atoms with van der Waals surface area (Å²) in [6.45, 7) is 1.94. The van der Waals surface area contributed by atoms with Gasteiger partial charge in [0, 0.05) is 11.9 Å². The summed E-state index contributed by atoms with van der Waals surface area (Å²) in [4.78, 5) is 15.5. The highest BCUT2D eigenvalue weighted by Gasteiger charge is 2.26. The summed E-state index contributed by atoms with van der Waals surface area (Å²) in [7, 11) is 0. The van der Waals surface area contributed by atoms with E-state index >= 15 is 0 Å². The van der Waals surface area contributed by atoms with Crippen LogP contribution < -0.4 is 0 Å². The molecule has 2 aromatic rings. The Morgan fingerprint density at radius 1 is 1.47 bits per heavy atom. The van der Waals surface area contributed by atoms with Crippen molar-refractivity contribution in [2.75, 3.05) is 0 Å². The van der Waals surface area contributed by atoms with Gasteiger partial charge in [-0.1, -0.05) is 6.07 Å². The number of carbonyl (C=O) groups is 1. The Balaban J connectivity index is 1.93. The van der Waals surface area contributed by atoms with Crippen LogP contribution in [0.4, 0.5) is 0 Å². The van der Waals surface area contributed by atoms with Gasteiger partial charge in [-0.3, -0.25) is 4.79 Å². The standard InChI is InChI=1S/C14H15N3O2/c1-9-3-2-4-13(15-9)17-8-11-7-10(14(18)19)5-6-12(11)16-17/h2-4,8,10H,5-7H2,1H3,(H,18,19).